The molecular formula is C19H24N4O2. The van der Waals surface area contributed by atoms with Gasteiger partial charge in [-0.2, -0.15) is 0 Å². The quantitative estimate of drug-likeness (QED) is 0.921. The van der Waals surface area contributed by atoms with Crippen LogP contribution in [0.25, 0.3) is 11.1 Å². The molecule has 6 nitrogen and oxygen atoms in total. The van der Waals surface area contributed by atoms with Crippen molar-refractivity contribution in [1.82, 2.24) is 14.9 Å². The molecule has 1 unspecified atom stereocenters. The molecule has 0 bridgehead atoms. The third-order valence-corrected chi connectivity index (χ3v) is 4.61. The van der Waals surface area contributed by atoms with Crippen molar-refractivity contribution in [2.75, 3.05) is 32.1 Å². The summed E-state index contributed by atoms with van der Waals surface area (Å²) >= 11 is 0. The molecule has 2 heterocycles. The van der Waals surface area contributed by atoms with Crippen molar-refractivity contribution in [2.24, 2.45) is 0 Å². The number of carbonyl (C=O) groups excluding carboxylic acids is 1. The van der Waals surface area contributed by atoms with E-state index in [9.17, 15) is 9.90 Å². The van der Waals surface area contributed by atoms with Crippen LogP contribution in [0.2, 0.25) is 0 Å². The maximum Gasteiger partial charge on any atom is 0.225 e. The first kappa shape index (κ1) is 17.4. The predicted octanol–water partition coefficient (Wildman–Crippen LogP) is 1.95. The average Bonchev–Trinajstić information content (AvgIpc) is 2.62. The minimum atomic E-state index is -1.03. The lowest BCUT2D eigenvalue weighted by Gasteiger charge is -2.40. The summed E-state index contributed by atoms with van der Waals surface area (Å²) in [6.07, 6.45) is 4.89. The fraction of sp³-hybridized carbons (Fsp3) is 0.421. The van der Waals surface area contributed by atoms with Gasteiger partial charge in [-0.1, -0.05) is 30.3 Å². The van der Waals surface area contributed by atoms with E-state index < -0.39 is 5.60 Å². The fourth-order valence-corrected chi connectivity index (χ4v) is 3.27. The molecular weight excluding hydrogens is 316 g/mol. The molecule has 6 heteroatoms. The van der Waals surface area contributed by atoms with Crippen molar-refractivity contribution >= 4 is 11.7 Å². The zero-order chi connectivity index (χ0) is 17.9. The van der Waals surface area contributed by atoms with E-state index in [2.05, 4.69) is 14.9 Å². The number of hydrogen-bond acceptors (Lipinski definition) is 5. The normalized spacial score (nSPS) is 20.4. The summed E-state index contributed by atoms with van der Waals surface area (Å²) in [5, 5.41) is 11.0. The summed E-state index contributed by atoms with van der Waals surface area (Å²) in [5.74, 6) is 0.743. The highest BCUT2D eigenvalue weighted by molar-refractivity contribution is 5.77. The molecule has 1 saturated heterocycles. The molecule has 0 saturated carbocycles. The maximum absolute atomic E-state index is 12.1. The van der Waals surface area contributed by atoms with E-state index in [1.54, 1.807) is 20.3 Å². The number of amides is 1. The number of piperidine rings is 1. The molecule has 3 rings (SSSR count). The second kappa shape index (κ2) is 7.19. The zero-order valence-corrected chi connectivity index (χ0v) is 14.7. The second-order valence-corrected chi connectivity index (χ2v) is 6.84. The number of benzene rings is 1. The van der Waals surface area contributed by atoms with Gasteiger partial charge in [0, 0.05) is 38.9 Å². The molecule has 1 fully saturated rings. The molecule has 0 aliphatic carbocycles. The lowest BCUT2D eigenvalue weighted by Crippen LogP contribution is -2.50. The van der Waals surface area contributed by atoms with Crippen LogP contribution in [0, 0.1) is 0 Å². The van der Waals surface area contributed by atoms with Crippen LogP contribution in [0.4, 0.5) is 5.82 Å². The summed E-state index contributed by atoms with van der Waals surface area (Å²) < 4.78 is 0. The lowest BCUT2D eigenvalue weighted by molar-refractivity contribution is -0.134. The van der Waals surface area contributed by atoms with Crippen LogP contribution in [-0.4, -0.2) is 58.7 Å². The van der Waals surface area contributed by atoms with Crippen LogP contribution in [0.15, 0.2) is 42.9 Å². The van der Waals surface area contributed by atoms with E-state index in [1.165, 1.54) is 11.2 Å². The molecule has 1 aromatic heterocycles. The Morgan fingerprint density at radius 1 is 1.32 bits per heavy atom. The number of hydrogen-bond donors (Lipinski definition) is 1. The van der Waals surface area contributed by atoms with Crippen molar-refractivity contribution < 1.29 is 9.90 Å². The minimum absolute atomic E-state index is 0.0599. The molecule has 1 atom stereocenters. The third kappa shape index (κ3) is 3.96. The van der Waals surface area contributed by atoms with E-state index in [1.807, 2.05) is 30.3 Å². The predicted molar refractivity (Wildman–Crippen MR) is 97.2 cm³/mol. The Kier molecular flexibility index (Phi) is 4.99. The van der Waals surface area contributed by atoms with Gasteiger partial charge in [0.25, 0.3) is 0 Å². The highest BCUT2D eigenvalue weighted by atomic mass is 16.3. The standard InChI is InChI=1S/C19H24N4O2/c1-22(2)17(24)11-19(25)9-6-10-23(13-19)18-16(12-20-14-21-18)15-7-4-3-5-8-15/h3-5,7-8,12,14,25H,6,9-11,13H2,1-2H3. The molecule has 0 spiro atoms. The summed E-state index contributed by atoms with van der Waals surface area (Å²) in [7, 11) is 3.43. The van der Waals surface area contributed by atoms with Gasteiger partial charge in [-0.25, -0.2) is 9.97 Å². The highest BCUT2D eigenvalue weighted by Gasteiger charge is 2.36. The molecule has 1 amide bonds. The molecule has 2 aromatic rings. The first-order valence-corrected chi connectivity index (χ1v) is 8.51. The minimum Gasteiger partial charge on any atom is -0.388 e. The summed E-state index contributed by atoms with van der Waals surface area (Å²) in [6, 6.07) is 9.98. The second-order valence-electron chi connectivity index (χ2n) is 6.84. The maximum atomic E-state index is 12.1. The van der Waals surface area contributed by atoms with Crippen molar-refractivity contribution in [3.63, 3.8) is 0 Å². The summed E-state index contributed by atoms with van der Waals surface area (Å²) in [6.45, 7) is 1.19. The van der Waals surface area contributed by atoms with Gasteiger partial charge in [0.15, 0.2) is 0 Å². The smallest absolute Gasteiger partial charge is 0.225 e. The van der Waals surface area contributed by atoms with Crippen molar-refractivity contribution in [3.05, 3.63) is 42.9 Å². The Balaban J connectivity index is 1.86. The van der Waals surface area contributed by atoms with E-state index in [4.69, 9.17) is 0 Å². The molecule has 0 radical (unpaired) electrons. The van der Waals surface area contributed by atoms with Gasteiger partial charge in [0.05, 0.1) is 12.0 Å². The molecule has 1 aromatic carbocycles. The number of anilines is 1. The van der Waals surface area contributed by atoms with E-state index in [0.29, 0.717) is 13.0 Å². The van der Waals surface area contributed by atoms with Crippen LogP contribution in [0.1, 0.15) is 19.3 Å². The van der Waals surface area contributed by atoms with E-state index in [-0.39, 0.29) is 12.3 Å². The molecule has 25 heavy (non-hydrogen) atoms. The Morgan fingerprint density at radius 3 is 2.80 bits per heavy atom. The number of carbonyl (C=O) groups is 1. The zero-order valence-electron chi connectivity index (χ0n) is 14.7. The number of aliphatic hydroxyl groups is 1. The molecule has 132 valence electrons. The van der Waals surface area contributed by atoms with Crippen molar-refractivity contribution in [2.45, 2.75) is 24.9 Å². The Labute approximate surface area is 148 Å². The van der Waals surface area contributed by atoms with Gasteiger partial charge in [-0.3, -0.25) is 4.79 Å². The fourth-order valence-electron chi connectivity index (χ4n) is 3.27. The number of β-amino-alcohol motifs (C(OH)–C–C–N with tert-alkyl or cyclic N) is 1. The molecule has 1 N–H and O–H groups in total. The third-order valence-electron chi connectivity index (χ3n) is 4.61. The molecule has 1 aliphatic rings. The Bertz CT molecular complexity index is 735. The summed E-state index contributed by atoms with van der Waals surface area (Å²) in [4.78, 5) is 24.3. The van der Waals surface area contributed by atoms with Gasteiger partial charge in [0.2, 0.25) is 5.91 Å². The number of nitrogens with zero attached hydrogens (tertiary/aromatic N) is 4. The van der Waals surface area contributed by atoms with Crippen LogP contribution in [0.3, 0.4) is 0 Å². The van der Waals surface area contributed by atoms with E-state index >= 15 is 0 Å². The lowest BCUT2D eigenvalue weighted by atomic mass is 9.88. The highest BCUT2D eigenvalue weighted by Crippen LogP contribution is 2.33. The summed E-state index contributed by atoms with van der Waals surface area (Å²) in [5.41, 5.74) is 0.946. The topological polar surface area (TPSA) is 69.6 Å². The SMILES string of the molecule is CN(C)C(=O)CC1(O)CCCN(c2ncncc2-c2ccccc2)C1. The van der Waals surface area contributed by atoms with E-state index in [0.717, 1.165) is 29.9 Å². The van der Waals surface area contributed by atoms with Gasteiger partial charge in [-0.15, -0.1) is 0 Å². The van der Waals surface area contributed by atoms with Gasteiger partial charge in [0.1, 0.15) is 12.1 Å². The first-order valence-electron chi connectivity index (χ1n) is 8.51. The van der Waals surface area contributed by atoms with Crippen molar-refractivity contribution in [3.8, 4) is 11.1 Å². The number of rotatable bonds is 4. The van der Waals surface area contributed by atoms with Crippen LogP contribution < -0.4 is 4.90 Å². The van der Waals surface area contributed by atoms with Crippen LogP contribution in [0.5, 0.6) is 0 Å². The van der Waals surface area contributed by atoms with Crippen molar-refractivity contribution in [1.29, 1.82) is 0 Å². The van der Waals surface area contributed by atoms with Gasteiger partial charge >= 0.3 is 0 Å². The average molecular weight is 340 g/mol. The number of aromatic nitrogens is 2. The Hall–Kier alpha value is -2.47. The van der Waals surface area contributed by atoms with Crippen LogP contribution in [-0.2, 0) is 4.79 Å². The van der Waals surface area contributed by atoms with Gasteiger partial charge < -0.3 is 14.9 Å². The van der Waals surface area contributed by atoms with Crippen LogP contribution >= 0.6 is 0 Å². The van der Waals surface area contributed by atoms with Gasteiger partial charge in [-0.05, 0) is 18.4 Å². The monoisotopic (exact) mass is 340 g/mol. The molecule has 1 aliphatic heterocycles. The first-order chi connectivity index (χ1) is 12.0. The Morgan fingerprint density at radius 2 is 2.08 bits per heavy atom. The largest absolute Gasteiger partial charge is 0.388 e.